The van der Waals surface area contributed by atoms with E-state index in [4.69, 9.17) is 30.0 Å². The molecular weight excluding hydrogens is 662 g/mol. The molecule has 0 aromatic heterocycles. The molecule has 0 saturated heterocycles. The minimum Gasteiger partial charge on any atom is -0.497 e. The van der Waals surface area contributed by atoms with Gasteiger partial charge in [-0.15, -0.1) is 9.32 Å². The van der Waals surface area contributed by atoms with Gasteiger partial charge in [-0.25, -0.2) is 4.39 Å². The van der Waals surface area contributed by atoms with Crippen molar-refractivity contribution < 1.29 is 40.3 Å². The largest absolute Gasteiger partial charge is 0.497 e. The predicted molar refractivity (Wildman–Crippen MR) is 186 cm³/mol. The quantitative estimate of drug-likeness (QED) is 0.0449. The van der Waals surface area contributed by atoms with Crippen molar-refractivity contribution >= 4 is 29.8 Å². The van der Waals surface area contributed by atoms with Crippen molar-refractivity contribution in [3.05, 3.63) is 101 Å². The number of nitrogens with zero attached hydrogens (tertiary/aromatic N) is 2. The van der Waals surface area contributed by atoms with Crippen LogP contribution in [0.25, 0.3) is 0 Å². The number of ether oxygens (including phenoxy) is 1. The van der Waals surface area contributed by atoms with E-state index in [1.54, 1.807) is 43.5 Å². The SMILES string of the molecule is CCCCN(CCCC)OOSc1ccc(C(=N)O)cc1.CCN1/C(=C\C=N)C(C)(Cc2cccc(F)c2)c2cc(OC)ccc21.[Co]. The Hall–Kier alpha value is -3.19. The molecule has 3 aromatic rings. The molecule has 1 aliphatic rings. The summed E-state index contributed by atoms with van der Waals surface area (Å²) in [5, 5.41) is 25.6. The molecule has 8 nitrogen and oxygen atoms in total. The van der Waals surface area contributed by atoms with Crippen LogP contribution in [0.4, 0.5) is 10.1 Å². The van der Waals surface area contributed by atoms with Gasteiger partial charge in [0, 0.05) is 69.9 Å². The number of aliphatic hydroxyl groups is 1. The first-order valence-electron chi connectivity index (χ1n) is 15.8. The van der Waals surface area contributed by atoms with Crippen LogP contribution in [0.3, 0.4) is 0 Å². The molecule has 3 aromatic carbocycles. The number of fused-ring (bicyclic) bond motifs is 1. The predicted octanol–water partition coefficient (Wildman–Crippen LogP) is 9.05. The maximum absolute atomic E-state index is 13.7. The summed E-state index contributed by atoms with van der Waals surface area (Å²) < 4.78 is 24.3. The van der Waals surface area contributed by atoms with Gasteiger partial charge in [-0.1, -0.05) is 38.8 Å². The van der Waals surface area contributed by atoms with E-state index in [0.717, 1.165) is 90.5 Å². The number of unbranched alkanes of at least 4 members (excludes halogenated alkanes) is 2. The van der Waals surface area contributed by atoms with Crippen molar-refractivity contribution in [2.45, 2.75) is 70.1 Å². The second-order valence-corrected chi connectivity index (χ2v) is 12.0. The number of halogens is 1. The number of hydroxylamine groups is 2. The Kier molecular flexibility index (Phi) is 17.2. The van der Waals surface area contributed by atoms with Crippen LogP contribution in [0, 0.1) is 16.6 Å². The minimum atomic E-state index is -0.436. The Morgan fingerprint density at radius 2 is 1.70 bits per heavy atom. The Bertz CT molecular complexity index is 1450. The average Bonchev–Trinajstić information content (AvgIpc) is 3.28. The van der Waals surface area contributed by atoms with Gasteiger partial charge in [0.25, 0.3) is 0 Å². The fourth-order valence-corrected chi connectivity index (χ4v) is 5.88. The number of hydrogen-bond donors (Lipinski definition) is 3. The zero-order chi connectivity index (χ0) is 33.5. The van der Waals surface area contributed by atoms with Crippen molar-refractivity contribution in [3.63, 3.8) is 0 Å². The maximum atomic E-state index is 13.7. The molecule has 0 saturated carbocycles. The number of aliphatic hydroxyl groups excluding tert-OH is 1. The number of rotatable bonds is 16. The van der Waals surface area contributed by atoms with Crippen molar-refractivity contribution in [2.24, 2.45) is 0 Å². The van der Waals surface area contributed by atoms with Crippen molar-refractivity contribution in [1.82, 2.24) is 5.06 Å². The summed E-state index contributed by atoms with van der Waals surface area (Å²) in [5.41, 5.74) is 4.38. The molecular formula is C36H47CoFN4O4S. The number of nitrogens with one attached hydrogen (secondary N) is 2. The fraction of sp³-hybridized carbons (Fsp3) is 0.389. The third-order valence-electron chi connectivity index (χ3n) is 7.87. The summed E-state index contributed by atoms with van der Waals surface area (Å²) in [5.74, 6) is 0.139. The van der Waals surface area contributed by atoms with E-state index in [2.05, 4.69) is 44.7 Å². The van der Waals surface area contributed by atoms with Gasteiger partial charge in [0.15, 0.2) is 0 Å². The van der Waals surface area contributed by atoms with E-state index < -0.39 is 5.90 Å². The smallest absolute Gasteiger partial charge is 0.210 e. The van der Waals surface area contributed by atoms with E-state index in [1.165, 1.54) is 12.3 Å². The second kappa shape index (κ2) is 20.2. The first kappa shape index (κ1) is 40.0. The van der Waals surface area contributed by atoms with Crippen LogP contribution in [0.5, 0.6) is 5.75 Å². The molecule has 11 heteroatoms. The molecule has 0 aliphatic carbocycles. The zero-order valence-corrected chi connectivity index (χ0v) is 29.7. The van der Waals surface area contributed by atoms with Crippen molar-refractivity contribution in [1.29, 1.82) is 10.8 Å². The number of methoxy groups -OCH3 is 1. The van der Waals surface area contributed by atoms with E-state index in [9.17, 15) is 4.39 Å². The van der Waals surface area contributed by atoms with Crippen LogP contribution < -0.4 is 9.64 Å². The molecule has 47 heavy (non-hydrogen) atoms. The van der Waals surface area contributed by atoms with Crippen LogP contribution in [0.15, 0.2) is 83.4 Å². The van der Waals surface area contributed by atoms with Gasteiger partial charge in [-0.05, 0) is 105 Å². The van der Waals surface area contributed by atoms with Gasteiger partial charge < -0.3 is 20.2 Å². The topological polar surface area (TPSA) is 102 Å². The zero-order valence-electron chi connectivity index (χ0n) is 27.8. The summed E-state index contributed by atoms with van der Waals surface area (Å²) in [6.45, 7) is 11.1. The summed E-state index contributed by atoms with van der Waals surface area (Å²) in [6, 6.07) is 19.7. The summed E-state index contributed by atoms with van der Waals surface area (Å²) in [6.07, 6.45) is 8.21. The van der Waals surface area contributed by atoms with Crippen molar-refractivity contribution in [2.75, 3.05) is 31.6 Å². The van der Waals surface area contributed by atoms with Gasteiger partial charge in [-0.3, -0.25) is 5.41 Å². The number of allylic oxidation sites excluding steroid dienone is 2. The summed E-state index contributed by atoms with van der Waals surface area (Å²) in [7, 11) is 1.66. The summed E-state index contributed by atoms with van der Waals surface area (Å²) in [4.78, 5) is 8.41. The minimum absolute atomic E-state index is 0. The molecule has 0 amide bonds. The number of hydrogen-bond acceptors (Lipinski definition) is 8. The molecule has 1 radical (unpaired) electrons. The maximum Gasteiger partial charge on any atom is 0.210 e. The van der Waals surface area contributed by atoms with Crippen LogP contribution in [0.2, 0.25) is 0 Å². The standard InChI is InChI=1S/C21H23FN2O.C15H24N2O3S.Co/c1-4-24-19-9-8-17(25-3)13-18(19)21(2,20(24)10-11-23)14-15-6-5-7-16(22)12-15;1-3-5-11-17(12-6-4-2)19-20-21-14-9-7-13(8-10-14)15(16)18;/h5-13,23H,4,14H2,1-3H3;7-10H,3-6,11-12H2,1-2H3,(H2,16,18);/b20-10-,23-11?;;. The summed E-state index contributed by atoms with van der Waals surface area (Å²) >= 11 is 1.12. The molecule has 0 spiro atoms. The van der Waals surface area contributed by atoms with Crippen LogP contribution in [-0.2, 0) is 37.9 Å². The van der Waals surface area contributed by atoms with Gasteiger partial charge in [0.05, 0.1) is 19.2 Å². The van der Waals surface area contributed by atoms with Crippen LogP contribution in [0.1, 0.15) is 70.1 Å². The molecule has 0 fully saturated rings. The monoisotopic (exact) mass is 709 g/mol. The number of benzene rings is 3. The molecule has 1 heterocycles. The third kappa shape index (κ3) is 11.2. The first-order valence-corrected chi connectivity index (χ1v) is 16.5. The average molecular weight is 710 g/mol. The second-order valence-electron chi connectivity index (χ2n) is 11.2. The van der Waals surface area contributed by atoms with Gasteiger partial charge in [0.1, 0.15) is 11.6 Å². The number of anilines is 1. The third-order valence-corrected chi connectivity index (χ3v) is 8.46. The number of likely N-dealkylation sites (N-methyl/N-ethyl adjacent to an activating group) is 1. The molecule has 1 atom stereocenters. The van der Waals surface area contributed by atoms with Gasteiger partial charge in [-0.2, -0.15) is 5.06 Å². The molecule has 1 unspecified atom stereocenters. The molecule has 4 rings (SSSR count). The molecule has 1 aliphatic heterocycles. The Morgan fingerprint density at radius 3 is 2.26 bits per heavy atom. The Labute approximate surface area is 293 Å². The first-order chi connectivity index (χ1) is 22.2. The Balaban J connectivity index is 0.000000326. The van der Waals surface area contributed by atoms with Gasteiger partial charge in [0.2, 0.25) is 5.90 Å². The molecule has 0 bridgehead atoms. The fourth-order valence-electron chi connectivity index (χ4n) is 5.44. The van der Waals surface area contributed by atoms with E-state index in [0.29, 0.717) is 12.0 Å². The molecule has 3 N–H and O–H groups in total. The van der Waals surface area contributed by atoms with Crippen molar-refractivity contribution in [3.8, 4) is 5.75 Å². The van der Waals surface area contributed by atoms with E-state index in [-0.39, 0.29) is 28.0 Å². The van der Waals surface area contributed by atoms with Crippen LogP contribution in [-0.4, -0.2) is 49.0 Å². The van der Waals surface area contributed by atoms with Gasteiger partial charge >= 0.3 is 0 Å². The van der Waals surface area contributed by atoms with Crippen LogP contribution >= 0.6 is 12.0 Å². The molecule has 257 valence electrons. The van der Waals surface area contributed by atoms with E-state index in [1.807, 2.05) is 23.3 Å². The Morgan fingerprint density at radius 1 is 1.02 bits per heavy atom. The normalized spacial score (nSPS) is 15.9. The van der Waals surface area contributed by atoms with E-state index >= 15 is 0 Å².